The molecule has 0 radical (unpaired) electrons. The number of fused-ring (bicyclic) bond motifs is 3. The van der Waals surface area contributed by atoms with E-state index in [-0.39, 0.29) is 45.3 Å². The summed E-state index contributed by atoms with van der Waals surface area (Å²) < 4.78 is 5.81. The summed E-state index contributed by atoms with van der Waals surface area (Å²) >= 11 is 0. The van der Waals surface area contributed by atoms with Gasteiger partial charge in [-0.3, -0.25) is 19.4 Å². The second-order valence-corrected chi connectivity index (χ2v) is 9.84. The maximum Gasteiger partial charge on any atom is 0.340 e. The number of benzene rings is 2. The van der Waals surface area contributed by atoms with E-state index in [1.54, 1.807) is 6.92 Å². The molecular formula is C28H26N4O7. The van der Waals surface area contributed by atoms with Gasteiger partial charge in [0.25, 0.3) is 0 Å². The number of H-pyrrole nitrogens is 2. The van der Waals surface area contributed by atoms with Crippen molar-refractivity contribution in [2.45, 2.75) is 45.6 Å². The number of ketones is 3. The molecule has 2 aliphatic rings. The fraction of sp³-hybridized carbons (Fsp3) is 0.250. The van der Waals surface area contributed by atoms with Crippen molar-refractivity contribution >= 4 is 17.3 Å². The lowest BCUT2D eigenvalue weighted by molar-refractivity contribution is -0.123. The van der Waals surface area contributed by atoms with Crippen molar-refractivity contribution in [2.24, 2.45) is 0 Å². The number of hydrogen-bond acceptors (Lipinski definition) is 9. The molecule has 11 nitrogen and oxygen atoms in total. The Labute approximate surface area is 222 Å². The fourth-order valence-corrected chi connectivity index (χ4v) is 5.21. The van der Waals surface area contributed by atoms with Crippen molar-refractivity contribution in [3.8, 4) is 17.2 Å². The van der Waals surface area contributed by atoms with Crippen LogP contribution in [0.2, 0.25) is 0 Å². The quantitative estimate of drug-likeness (QED) is 0.182. The smallest absolute Gasteiger partial charge is 0.340 e. The molecular weight excluding hydrogens is 504 g/mol. The van der Waals surface area contributed by atoms with Gasteiger partial charge in [-0.05, 0) is 39.7 Å². The molecule has 11 heteroatoms. The van der Waals surface area contributed by atoms with Crippen molar-refractivity contribution in [1.29, 1.82) is 0 Å². The third-order valence-corrected chi connectivity index (χ3v) is 7.28. The summed E-state index contributed by atoms with van der Waals surface area (Å²) in [5, 5.41) is 31.1. The van der Waals surface area contributed by atoms with Gasteiger partial charge in [-0.25, -0.2) is 9.89 Å². The summed E-state index contributed by atoms with van der Waals surface area (Å²) in [5.41, 5.74) is -1.33. The Hall–Kier alpha value is -4.93. The lowest BCUT2D eigenvalue weighted by Crippen LogP contribution is -2.41. The Morgan fingerprint density at radius 3 is 2.44 bits per heavy atom. The van der Waals surface area contributed by atoms with Crippen LogP contribution in [-0.4, -0.2) is 42.7 Å². The minimum Gasteiger partial charge on any atom is -0.507 e. The molecule has 1 aliphatic heterocycles. The van der Waals surface area contributed by atoms with Gasteiger partial charge in [0.15, 0.2) is 23.2 Å². The normalized spacial score (nSPS) is 20.1. The molecule has 5 N–H and O–H groups in total. The summed E-state index contributed by atoms with van der Waals surface area (Å²) in [4.78, 5) is 54.1. The zero-order chi connectivity index (χ0) is 28.2. The number of nitrogens with zero attached hydrogens (tertiary/aromatic N) is 1. The van der Waals surface area contributed by atoms with E-state index < -0.39 is 46.0 Å². The van der Waals surface area contributed by atoms with Crippen LogP contribution in [0.1, 0.15) is 59.7 Å². The summed E-state index contributed by atoms with van der Waals surface area (Å²) in [6.45, 7) is 5.71. The number of aromatic amines is 2. The predicted octanol–water partition coefficient (Wildman–Crippen LogP) is 2.55. The van der Waals surface area contributed by atoms with E-state index in [0.717, 1.165) is 11.6 Å². The Morgan fingerprint density at radius 1 is 1.13 bits per heavy atom. The topological polar surface area (TPSA) is 174 Å². The highest BCUT2D eigenvalue weighted by atomic mass is 16.5. The first-order chi connectivity index (χ1) is 18.4. The molecule has 2 aromatic carbocycles. The monoisotopic (exact) mass is 530 g/mol. The molecule has 3 aromatic rings. The molecule has 1 unspecified atom stereocenters. The molecule has 0 bridgehead atoms. The van der Waals surface area contributed by atoms with Crippen molar-refractivity contribution < 1.29 is 29.3 Å². The van der Waals surface area contributed by atoms with E-state index in [1.165, 1.54) is 20.8 Å². The molecule has 0 spiro atoms. The molecule has 0 saturated carbocycles. The average molecular weight is 531 g/mol. The first-order valence-electron chi connectivity index (χ1n) is 12.2. The highest BCUT2D eigenvalue weighted by Crippen LogP contribution is 2.57. The van der Waals surface area contributed by atoms with E-state index in [2.05, 4.69) is 20.5 Å². The Bertz CT molecular complexity index is 1680. The van der Waals surface area contributed by atoms with Crippen molar-refractivity contribution in [1.82, 2.24) is 20.5 Å². The van der Waals surface area contributed by atoms with Crippen LogP contribution < -0.4 is 15.7 Å². The molecule has 0 amide bonds. The van der Waals surface area contributed by atoms with Crippen LogP contribution in [0.4, 0.5) is 0 Å². The summed E-state index contributed by atoms with van der Waals surface area (Å²) in [6.07, 6.45) is 1.53. The zero-order valence-electron chi connectivity index (χ0n) is 21.6. The van der Waals surface area contributed by atoms with Crippen LogP contribution in [0.5, 0.6) is 17.2 Å². The Morgan fingerprint density at radius 2 is 1.82 bits per heavy atom. The minimum absolute atomic E-state index is 0.00881. The number of carbonyl (C=O) groups is 3. The number of phenols is 2. The number of phenolic OH excluding ortho intramolecular Hbond substituents is 2. The standard InChI is InChI=1S/C28H26N4O7/c1-12-22(35)20(14(3)33)24-21(23(12)36)28(4)18(39-24)11-17(34)19(25(28)37)13(2)29-16(26-30-27(38)32-31-26)10-15-8-6-5-7-9-15/h5-9,11,16,29,35-36H,10H2,1-4H3,(H2,30,31,32,38)/t16?,28-/m0/s1. The maximum atomic E-state index is 14.1. The SMILES string of the molecule is CC(=O)c1c(O)c(C)c(O)c2c1OC1=CC(=O)C(=C(C)NC(Cc3ccccc3)c3n[nH]c(=O)[nH]3)C(=O)[C@@]12C. The first kappa shape index (κ1) is 25.7. The number of carbonyl (C=O) groups excluding carboxylic acids is 3. The molecule has 2 atom stereocenters. The molecule has 0 fully saturated rings. The van der Waals surface area contributed by atoms with E-state index >= 15 is 0 Å². The van der Waals surface area contributed by atoms with Gasteiger partial charge < -0.3 is 20.3 Å². The predicted molar refractivity (Wildman–Crippen MR) is 139 cm³/mol. The van der Waals surface area contributed by atoms with Crippen LogP contribution in [-0.2, 0) is 21.4 Å². The number of allylic oxidation sites excluding steroid dienone is 4. The third-order valence-electron chi connectivity index (χ3n) is 7.28. The molecule has 2 heterocycles. The van der Waals surface area contributed by atoms with Crippen molar-refractivity contribution in [3.05, 3.63) is 92.0 Å². The lowest BCUT2D eigenvalue weighted by Gasteiger charge is -2.29. The largest absolute Gasteiger partial charge is 0.507 e. The molecule has 200 valence electrons. The third kappa shape index (κ3) is 3.94. The second-order valence-electron chi connectivity index (χ2n) is 9.84. The number of Topliss-reactive ketones (excluding diaryl/α,β-unsaturated/α-hetero) is 2. The van der Waals surface area contributed by atoms with Gasteiger partial charge in [0, 0.05) is 17.3 Å². The molecule has 1 aliphatic carbocycles. The molecule has 0 saturated heterocycles. The minimum atomic E-state index is -1.64. The number of aromatic nitrogens is 3. The molecule has 5 rings (SSSR count). The van der Waals surface area contributed by atoms with Gasteiger partial charge in [-0.2, -0.15) is 5.10 Å². The fourth-order valence-electron chi connectivity index (χ4n) is 5.21. The Balaban J connectivity index is 1.61. The van der Waals surface area contributed by atoms with Gasteiger partial charge >= 0.3 is 5.69 Å². The highest BCUT2D eigenvalue weighted by Gasteiger charge is 2.56. The second kappa shape index (κ2) is 9.12. The number of rotatable bonds is 6. The van der Waals surface area contributed by atoms with E-state index in [0.29, 0.717) is 6.42 Å². The average Bonchev–Trinajstić information content (AvgIpc) is 3.44. The number of ether oxygens (including phenoxy) is 1. The highest BCUT2D eigenvalue weighted by molar-refractivity contribution is 6.31. The lowest BCUT2D eigenvalue weighted by atomic mass is 9.70. The zero-order valence-corrected chi connectivity index (χ0v) is 21.6. The summed E-state index contributed by atoms with van der Waals surface area (Å²) in [7, 11) is 0. The van der Waals surface area contributed by atoms with Crippen molar-refractivity contribution in [3.63, 3.8) is 0 Å². The van der Waals surface area contributed by atoms with Crippen LogP contribution in [0.3, 0.4) is 0 Å². The van der Waals surface area contributed by atoms with Gasteiger partial charge in [-0.15, -0.1) is 0 Å². The van der Waals surface area contributed by atoms with E-state index in [9.17, 15) is 29.4 Å². The van der Waals surface area contributed by atoms with Crippen LogP contribution in [0.15, 0.2) is 58.2 Å². The van der Waals surface area contributed by atoms with Gasteiger partial charge in [0.05, 0.1) is 17.2 Å². The van der Waals surface area contributed by atoms with Crippen LogP contribution in [0.25, 0.3) is 0 Å². The molecule has 1 aromatic heterocycles. The number of hydrogen-bond donors (Lipinski definition) is 5. The number of nitrogens with one attached hydrogen (secondary N) is 3. The summed E-state index contributed by atoms with van der Waals surface area (Å²) in [5.74, 6) is -2.59. The Kier molecular flexibility index (Phi) is 6.01. The van der Waals surface area contributed by atoms with Gasteiger partial charge in [-0.1, -0.05) is 30.3 Å². The first-order valence-corrected chi connectivity index (χ1v) is 12.2. The van der Waals surface area contributed by atoms with E-state index in [4.69, 9.17) is 4.74 Å². The van der Waals surface area contributed by atoms with Gasteiger partial charge in [0.1, 0.15) is 34.0 Å². The number of aromatic hydroxyl groups is 2. The maximum absolute atomic E-state index is 14.1. The van der Waals surface area contributed by atoms with Gasteiger partial charge in [0.2, 0.25) is 0 Å². The molecule has 39 heavy (non-hydrogen) atoms. The van der Waals surface area contributed by atoms with E-state index in [1.807, 2.05) is 30.3 Å². The van der Waals surface area contributed by atoms with Crippen molar-refractivity contribution in [2.75, 3.05) is 0 Å². The summed E-state index contributed by atoms with van der Waals surface area (Å²) in [6, 6.07) is 8.79. The van der Waals surface area contributed by atoms with Crippen LogP contribution in [0, 0.1) is 6.92 Å². The van der Waals surface area contributed by atoms with Crippen LogP contribution >= 0.6 is 0 Å².